The SMILES string of the molecule is COC(=O)C(C)CC1CCCN(C)C1. The van der Waals surface area contributed by atoms with Gasteiger partial charge in [0.1, 0.15) is 0 Å². The van der Waals surface area contributed by atoms with Gasteiger partial charge in [0.15, 0.2) is 0 Å². The second kappa shape index (κ2) is 5.35. The number of rotatable bonds is 3. The lowest BCUT2D eigenvalue weighted by molar-refractivity contribution is -0.145. The van der Waals surface area contributed by atoms with E-state index in [1.165, 1.54) is 26.5 Å². The molecule has 0 N–H and O–H groups in total. The van der Waals surface area contributed by atoms with Crippen LogP contribution >= 0.6 is 0 Å². The monoisotopic (exact) mass is 199 g/mol. The molecule has 1 saturated heterocycles. The Kier molecular flexibility index (Phi) is 4.39. The Labute approximate surface area is 86.4 Å². The number of hydrogen-bond acceptors (Lipinski definition) is 3. The summed E-state index contributed by atoms with van der Waals surface area (Å²) in [6.45, 7) is 4.28. The zero-order chi connectivity index (χ0) is 10.6. The minimum Gasteiger partial charge on any atom is -0.469 e. The highest BCUT2D eigenvalue weighted by molar-refractivity contribution is 5.71. The van der Waals surface area contributed by atoms with E-state index >= 15 is 0 Å². The highest BCUT2D eigenvalue weighted by Crippen LogP contribution is 2.22. The van der Waals surface area contributed by atoms with E-state index in [2.05, 4.69) is 11.9 Å². The van der Waals surface area contributed by atoms with Crippen LogP contribution in [-0.4, -0.2) is 38.1 Å². The predicted octanol–water partition coefficient (Wildman–Crippen LogP) is 1.53. The van der Waals surface area contributed by atoms with Gasteiger partial charge in [-0.15, -0.1) is 0 Å². The molecule has 1 rings (SSSR count). The molecule has 0 aliphatic carbocycles. The lowest BCUT2D eigenvalue weighted by Crippen LogP contribution is -2.33. The largest absolute Gasteiger partial charge is 0.469 e. The van der Waals surface area contributed by atoms with Gasteiger partial charge in [0.2, 0.25) is 0 Å². The van der Waals surface area contributed by atoms with Crippen LogP contribution in [0.15, 0.2) is 0 Å². The maximum atomic E-state index is 11.2. The third-order valence-corrected chi connectivity index (χ3v) is 3.01. The van der Waals surface area contributed by atoms with Crippen LogP contribution in [0.1, 0.15) is 26.2 Å². The Morgan fingerprint density at radius 1 is 1.64 bits per heavy atom. The topological polar surface area (TPSA) is 29.5 Å². The fraction of sp³-hybridized carbons (Fsp3) is 0.909. The molecule has 0 aromatic heterocycles. The molecular weight excluding hydrogens is 178 g/mol. The summed E-state index contributed by atoms with van der Waals surface area (Å²) in [7, 11) is 3.61. The van der Waals surface area contributed by atoms with Crippen LogP contribution in [0.5, 0.6) is 0 Å². The zero-order valence-corrected chi connectivity index (χ0v) is 9.45. The van der Waals surface area contributed by atoms with Crippen LogP contribution in [0.3, 0.4) is 0 Å². The molecule has 0 spiro atoms. The van der Waals surface area contributed by atoms with Crippen LogP contribution in [-0.2, 0) is 9.53 Å². The molecule has 14 heavy (non-hydrogen) atoms. The second-order valence-corrected chi connectivity index (χ2v) is 4.43. The Morgan fingerprint density at radius 2 is 2.36 bits per heavy atom. The maximum absolute atomic E-state index is 11.2. The Morgan fingerprint density at radius 3 is 2.93 bits per heavy atom. The van der Waals surface area contributed by atoms with Crippen LogP contribution < -0.4 is 0 Å². The van der Waals surface area contributed by atoms with Crippen molar-refractivity contribution in [2.45, 2.75) is 26.2 Å². The van der Waals surface area contributed by atoms with E-state index in [0.29, 0.717) is 5.92 Å². The number of carbonyl (C=O) groups excluding carboxylic acids is 1. The van der Waals surface area contributed by atoms with Crippen LogP contribution in [0, 0.1) is 11.8 Å². The second-order valence-electron chi connectivity index (χ2n) is 4.43. The van der Waals surface area contributed by atoms with Crippen molar-refractivity contribution in [1.82, 2.24) is 4.90 Å². The standard InChI is InChI=1S/C11H21NO2/c1-9(11(13)14-3)7-10-5-4-6-12(2)8-10/h9-10H,4-8H2,1-3H3. The third kappa shape index (κ3) is 3.29. The quantitative estimate of drug-likeness (QED) is 0.646. The Balaban J connectivity index is 2.32. The van der Waals surface area contributed by atoms with Crippen molar-refractivity contribution < 1.29 is 9.53 Å². The first-order chi connectivity index (χ1) is 6.63. The maximum Gasteiger partial charge on any atom is 0.308 e. The highest BCUT2D eigenvalue weighted by atomic mass is 16.5. The van der Waals surface area contributed by atoms with E-state index in [4.69, 9.17) is 4.74 Å². The summed E-state index contributed by atoms with van der Waals surface area (Å²) in [5, 5.41) is 0. The van der Waals surface area contributed by atoms with Crippen LogP contribution in [0.25, 0.3) is 0 Å². The molecule has 0 saturated carbocycles. The van der Waals surface area contributed by atoms with E-state index in [1.54, 1.807) is 0 Å². The zero-order valence-electron chi connectivity index (χ0n) is 9.45. The number of nitrogens with zero attached hydrogens (tertiary/aromatic N) is 1. The fourth-order valence-electron chi connectivity index (χ4n) is 2.26. The number of piperidine rings is 1. The van der Waals surface area contributed by atoms with Gasteiger partial charge in [0, 0.05) is 6.54 Å². The summed E-state index contributed by atoms with van der Waals surface area (Å²) in [6, 6.07) is 0. The van der Waals surface area contributed by atoms with Gasteiger partial charge in [0.05, 0.1) is 13.0 Å². The first-order valence-corrected chi connectivity index (χ1v) is 5.40. The van der Waals surface area contributed by atoms with Crippen molar-refractivity contribution >= 4 is 5.97 Å². The molecule has 3 heteroatoms. The van der Waals surface area contributed by atoms with E-state index < -0.39 is 0 Å². The first-order valence-electron chi connectivity index (χ1n) is 5.40. The summed E-state index contributed by atoms with van der Waals surface area (Å²) >= 11 is 0. The molecule has 3 nitrogen and oxygen atoms in total. The lowest BCUT2D eigenvalue weighted by atomic mass is 9.89. The van der Waals surface area contributed by atoms with Gasteiger partial charge in [-0.3, -0.25) is 4.79 Å². The molecular formula is C11H21NO2. The number of methoxy groups -OCH3 is 1. The molecule has 0 amide bonds. The van der Waals surface area contributed by atoms with E-state index in [0.717, 1.165) is 13.0 Å². The minimum atomic E-state index is -0.0711. The average molecular weight is 199 g/mol. The van der Waals surface area contributed by atoms with Gasteiger partial charge in [-0.25, -0.2) is 0 Å². The van der Waals surface area contributed by atoms with Gasteiger partial charge < -0.3 is 9.64 Å². The van der Waals surface area contributed by atoms with Gasteiger partial charge in [-0.2, -0.15) is 0 Å². The summed E-state index contributed by atoms with van der Waals surface area (Å²) in [4.78, 5) is 13.6. The molecule has 2 atom stereocenters. The van der Waals surface area contributed by atoms with E-state index in [-0.39, 0.29) is 11.9 Å². The normalized spacial score (nSPS) is 25.8. The number of ether oxygens (including phenoxy) is 1. The summed E-state index contributed by atoms with van der Waals surface area (Å²) in [5.74, 6) is 0.651. The lowest BCUT2D eigenvalue weighted by Gasteiger charge is -2.30. The predicted molar refractivity (Wildman–Crippen MR) is 56.0 cm³/mol. The van der Waals surface area contributed by atoms with Crippen molar-refractivity contribution in [1.29, 1.82) is 0 Å². The van der Waals surface area contributed by atoms with E-state index in [1.807, 2.05) is 6.92 Å². The van der Waals surface area contributed by atoms with Crippen molar-refractivity contribution in [3.63, 3.8) is 0 Å². The smallest absolute Gasteiger partial charge is 0.308 e. The van der Waals surface area contributed by atoms with Crippen LogP contribution in [0.2, 0.25) is 0 Å². The van der Waals surface area contributed by atoms with E-state index in [9.17, 15) is 4.79 Å². The molecule has 0 bridgehead atoms. The highest BCUT2D eigenvalue weighted by Gasteiger charge is 2.22. The molecule has 0 radical (unpaired) electrons. The molecule has 1 aliphatic heterocycles. The number of hydrogen-bond donors (Lipinski definition) is 0. The van der Waals surface area contributed by atoms with Gasteiger partial charge in [-0.05, 0) is 38.8 Å². The van der Waals surface area contributed by atoms with Gasteiger partial charge in [0.25, 0.3) is 0 Å². The van der Waals surface area contributed by atoms with Crippen molar-refractivity contribution in [2.75, 3.05) is 27.2 Å². The number of likely N-dealkylation sites (tertiary alicyclic amines) is 1. The van der Waals surface area contributed by atoms with Crippen LogP contribution in [0.4, 0.5) is 0 Å². The average Bonchev–Trinajstić information content (AvgIpc) is 2.16. The molecule has 1 heterocycles. The van der Waals surface area contributed by atoms with Gasteiger partial charge in [-0.1, -0.05) is 6.92 Å². The van der Waals surface area contributed by atoms with Gasteiger partial charge >= 0.3 is 5.97 Å². The molecule has 2 unspecified atom stereocenters. The van der Waals surface area contributed by atoms with Crippen molar-refractivity contribution in [3.8, 4) is 0 Å². The minimum absolute atomic E-state index is 0.0523. The molecule has 0 aromatic rings. The molecule has 1 fully saturated rings. The number of esters is 1. The molecule has 0 aromatic carbocycles. The Bertz CT molecular complexity index is 194. The summed E-state index contributed by atoms with van der Waals surface area (Å²) < 4.78 is 4.73. The first kappa shape index (κ1) is 11.5. The number of carbonyl (C=O) groups is 1. The fourth-order valence-corrected chi connectivity index (χ4v) is 2.26. The van der Waals surface area contributed by atoms with Crippen molar-refractivity contribution in [2.24, 2.45) is 11.8 Å². The molecule has 1 aliphatic rings. The summed E-state index contributed by atoms with van der Waals surface area (Å²) in [5.41, 5.74) is 0. The summed E-state index contributed by atoms with van der Waals surface area (Å²) in [6.07, 6.45) is 3.48. The van der Waals surface area contributed by atoms with Crippen molar-refractivity contribution in [3.05, 3.63) is 0 Å². The molecule has 82 valence electrons. The Hall–Kier alpha value is -0.570. The third-order valence-electron chi connectivity index (χ3n) is 3.01.